The van der Waals surface area contributed by atoms with Gasteiger partial charge in [-0.2, -0.15) is 4.98 Å². The van der Waals surface area contributed by atoms with E-state index in [4.69, 9.17) is 22.1 Å². The molecule has 2 heterocycles. The Hall–Kier alpha value is -3.39. The van der Waals surface area contributed by atoms with Crippen LogP contribution in [0.3, 0.4) is 0 Å². The molecule has 0 atom stereocenters. The fourth-order valence-electron chi connectivity index (χ4n) is 2.80. The van der Waals surface area contributed by atoms with Crippen molar-refractivity contribution in [2.24, 2.45) is 4.99 Å². The van der Waals surface area contributed by atoms with Crippen LogP contribution in [-0.2, 0) is 0 Å². The lowest BCUT2D eigenvalue weighted by molar-refractivity contribution is 0.377. The number of nitrogens with zero attached hydrogens (tertiary/aromatic N) is 3. The molecule has 9 heteroatoms. The highest BCUT2D eigenvalue weighted by Gasteiger charge is 2.17. The molecule has 0 spiro atoms. The second-order valence-corrected chi connectivity index (χ2v) is 6.56. The van der Waals surface area contributed by atoms with E-state index < -0.39 is 5.82 Å². The van der Waals surface area contributed by atoms with Crippen LogP contribution in [0.4, 0.5) is 27.5 Å². The van der Waals surface area contributed by atoms with Gasteiger partial charge in [0.05, 0.1) is 5.02 Å². The Kier molecular flexibility index (Phi) is 4.48. The predicted octanol–water partition coefficient (Wildman–Crippen LogP) is 4.37. The van der Waals surface area contributed by atoms with Crippen molar-refractivity contribution in [2.75, 3.05) is 17.7 Å². The lowest BCUT2D eigenvalue weighted by Crippen LogP contribution is -2.06. The number of ether oxygens (including phenoxy) is 1. The molecular weight excluding hydrogens is 385 g/mol. The minimum atomic E-state index is -0.730. The number of rotatable bonds is 3. The Morgan fingerprint density at radius 3 is 2.86 bits per heavy atom. The van der Waals surface area contributed by atoms with E-state index in [1.54, 1.807) is 37.4 Å². The number of hydrogen-bond donors (Lipinski definition) is 3. The van der Waals surface area contributed by atoms with Crippen LogP contribution < -0.4 is 15.8 Å². The maximum absolute atomic E-state index is 14.6. The maximum atomic E-state index is 14.6. The minimum Gasteiger partial charge on any atom is -0.506 e. The molecule has 0 fully saturated rings. The highest BCUT2D eigenvalue weighted by atomic mass is 35.5. The zero-order valence-electron chi connectivity index (χ0n) is 14.7. The second kappa shape index (κ2) is 6.97. The molecule has 2 aromatic carbocycles. The molecule has 0 radical (unpaired) electrons. The third-order valence-electron chi connectivity index (χ3n) is 4.16. The molecule has 0 unspecified atom stereocenters. The Balaban J connectivity index is 1.74. The van der Waals surface area contributed by atoms with Gasteiger partial charge < -0.3 is 20.9 Å². The SMILES string of the molecule is Cc1cc(Nc2nc(N)c(F)c(-c3ccc4c(c3)N=CCO4)n2)cc(Cl)c1O. The largest absolute Gasteiger partial charge is 0.506 e. The standard InChI is InChI=1S/C19H15ClFN5O2/c1-9-6-11(8-12(20)17(9)27)24-19-25-16(15(21)18(22)26-19)10-2-3-14-13(7-10)23-4-5-28-14/h2-4,6-8,27H,5H2,1H3,(H3,22,24,25,26). The van der Waals surface area contributed by atoms with Crippen molar-refractivity contribution in [2.45, 2.75) is 6.92 Å². The summed E-state index contributed by atoms with van der Waals surface area (Å²) in [6.07, 6.45) is 1.63. The van der Waals surface area contributed by atoms with Crippen molar-refractivity contribution in [1.82, 2.24) is 9.97 Å². The number of hydrogen-bond acceptors (Lipinski definition) is 7. The van der Waals surface area contributed by atoms with E-state index in [2.05, 4.69) is 20.3 Å². The fourth-order valence-corrected chi connectivity index (χ4v) is 3.07. The molecule has 4 N–H and O–H groups in total. The van der Waals surface area contributed by atoms with E-state index in [1.165, 1.54) is 6.07 Å². The summed E-state index contributed by atoms with van der Waals surface area (Å²) in [5, 5.41) is 12.9. The first kappa shape index (κ1) is 18.0. The van der Waals surface area contributed by atoms with Gasteiger partial charge in [-0.1, -0.05) is 11.6 Å². The van der Waals surface area contributed by atoms with Crippen molar-refractivity contribution in [3.05, 3.63) is 46.7 Å². The third kappa shape index (κ3) is 3.29. The molecule has 0 saturated carbocycles. The van der Waals surface area contributed by atoms with Crippen LogP contribution in [0.25, 0.3) is 11.3 Å². The van der Waals surface area contributed by atoms with Crippen LogP contribution in [0, 0.1) is 12.7 Å². The van der Waals surface area contributed by atoms with Crippen LogP contribution in [0.15, 0.2) is 35.3 Å². The summed E-state index contributed by atoms with van der Waals surface area (Å²) >= 11 is 6.00. The topological polar surface area (TPSA) is 106 Å². The first-order chi connectivity index (χ1) is 13.4. The molecule has 7 nitrogen and oxygen atoms in total. The van der Waals surface area contributed by atoms with E-state index in [-0.39, 0.29) is 28.2 Å². The van der Waals surface area contributed by atoms with Crippen molar-refractivity contribution >= 4 is 41.0 Å². The highest BCUT2D eigenvalue weighted by molar-refractivity contribution is 6.32. The van der Waals surface area contributed by atoms with E-state index in [9.17, 15) is 9.50 Å². The van der Waals surface area contributed by atoms with Crippen molar-refractivity contribution < 1.29 is 14.2 Å². The molecule has 0 amide bonds. The number of nitrogens with two attached hydrogens (primary N) is 1. The summed E-state index contributed by atoms with van der Waals surface area (Å²) in [7, 11) is 0. The van der Waals surface area contributed by atoms with Crippen LogP contribution in [0.2, 0.25) is 5.02 Å². The first-order valence-corrected chi connectivity index (χ1v) is 8.69. The number of aromatic nitrogens is 2. The zero-order valence-corrected chi connectivity index (χ0v) is 15.5. The van der Waals surface area contributed by atoms with Gasteiger partial charge in [0.2, 0.25) is 5.95 Å². The summed E-state index contributed by atoms with van der Waals surface area (Å²) in [4.78, 5) is 12.4. The van der Waals surface area contributed by atoms with Crippen molar-refractivity contribution in [1.29, 1.82) is 0 Å². The van der Waals surface area contributed by atoms with E-state index >= 15 is 0 Å². The Bertz CT molecular complexity index is 1100. The van der Waals surface area contributed by atoms with E-state index in [1.807, 2.05) is 0 Å². The van der Waals surface area contributed by atoms with Gasteiger partial charge in [-0.25, -0.2) is 9.37 Å². The fraction of sp³-hybridized carbons (Fsp3) is 0.105. The van der Waals surface area contributed by atoms with Crippen molar-refractivity contribution in [3.8, 4) is 22.8 Å². The number of fused-ring (bicyclic) bond motifs is 1. The summed E-state index contributed by atoms with van der Waals surface area (Å²) in [6.45, 7) is 2.09. The maximum Gasteiger partial charge on any atom is 0.229 e. The van der Waals surface area contributed by atoms with Gasteiger partial charge in [0.15, 0.2) is 11.6 Å². The monoisotopic (exact) mass is 399 g/mol. The van der Waals surface area contributed by atoms with Crippen LogP contribution >= 0.6 is 11.6 Å². The molecule has 4 rings (SSSR count). The molecule has 0 aliphatic carbocycles. The molecule has 0 bridgehead atoms. The molecule has 3 aromatic rings. The van der Waals surface area contributed by atoms with Gasteiger partial charge in [0.1, 0.15) is 29.5 Å². The quantitative estimate of drug-likeness (QED) is 0.565. The van der Waals surface area contributed by atoms with Crippen LogP contribution in [0.5, 0.6) is 11.5 Å². The number of aliphatic imine (C=N–C) groups is 1. The zero-order chi connectivity index (χ0) is 19.8. The number of benzene rings is 2. The number of aromatic hydroxyl groups is 1. The van der Waals surface area contributed by atoms with Gasteiger partial charge in [-0.15, -0.1) is 0 Å². The van der Waals surface area contributed by atoms with Gasteiger partial charge >= 0.3 is 0 Å². The summed E-state index contributed by atoms with van der Waals surface area (Å²) in [5.41, 5.74) is 7.93. The average Bonchev–Trinajstić information content (AvgIpc) is 2.68. The van der Waals surface area contributed by atoms with E-state index in [0.717, 1.165) is 0 Å². The molecule has 0 saturated heterocycles. The first-order valence-electron chi connectivity index (χ1n) is 8.31. The highest BCUT2D eigenvalue weighted by Crippen LogP contribution is 2.36. The summed E-state index contributed by atoms with van der Waals surface area (Å²) < 4.78 is 20.1. The number of anilines is 3. The summed E-state index contributed by atoms with van der Waals surface area (Å²) in [5.74, 6) is -0.337. The van der Waals surface area contributed by atoms with Gasteiger partial charge in [-0.05, 0) is 42.8 Å². The molecule has 1 aliphatic rings. The lowest BCUT2D eigenvalue weighted by Gasteiger charge is -2.14. The minimum absolute atomic E-state index is 0.00993. The van der Waals surface area contributed by atoms with Crippen LogP contribution in [-0.4, -0.2) is 27.9 Å². The number of phenols is 1. The van der Waals surface area contributed by atoms with Gasteiger partial charge in [0.25, 0.3) is 0 Å². The predicted molar refractivity (Wildman–Crippen MR) is 107 cm³/mol. The second-order valence-electron chi connectivity index (χ2n) is 6.15. The van der Waals surface area contributed by atoms with Gasteiger partial charge in [-0.3, -0.25) is 4.99 Å². The number of halogens is 2. The summed E-state index contributed by atoms with van der Waals surface area (Å²) in [6, 6.07) is 8.22. The lowest BCUT2D eigenvalue weighted by atomic mass is 10.1. The Morgan fingerprint density at radius 1 is 1.25 bits per heavy atom. The molecule has 1 aliphatic heterocycles. The molecule has 28 heavy (non-hydrogen) atoms. The van der Waals surface area contributed by atoms with E-state index in [0.29, 0.717) is 34.9 Å². The van der Waals surface area contributed by atoms with Crippen LogP contribution in [0.1, 0.15) is 5.56 Å². The molecule has 142 valence electrons. The molecular formula is C19H15ClFN5O2. The van der Waals surface area contributed by atoms with Crippen molar-refractivity contribution in [3.63, 3.8) is 0 Å². The third-order valence-corrected chi connectivity index (χ3v) is 4.45. The smallest absolute Gasteiger partial charge is 0.229 e. The number of nitrogen functional groups attached to an aromatic ring is 1. The van der Waals surface area contributed by atoms with Gasteiger partial charge in [0, 0.05) is 17.5 Å². The number of nitrogens with one attached hydrogen (secondary N) is 1. The Labute approximate surface area is 164 Å². The Morgan fingerprint density at radius 2 is 2.07 bits per heavy atom. The number of aryl methyl sites for hydroxylation is 1. The molecule has 1 aromatic heterocycles. The number of phenolic OH excluding ortho intramolecular Hbond substituents is 1. The average molecular weight is 400 g/mol. The normalized spacial score (nSPS) is 12.4.